The SMILES string of the molecule is N#CCCC1CN(CCc2ccc3ccccc3c2)C(=O)CN1C(=O)C(Cc1ccc(F)cc1)NC(=O)O. The number of carbonyl (C=O) groups excluding carboxylic acids is 2. The van der Waals surface area contributed by atoms with Crippen LogP contribution in [0, 0.1) is 17.1 Å². The summed E-state index contributed by atoms with van der Waals surface area (Å²) in [6, 6.07) is 20.2. The molecule has 2 N–H and O–H groups in total. The van der Waals surface area contributed by atoms with Crippen molar-refractivity contribution < 1.29 is 23.9 Å². The van der Waals surface area contributed by atoms with E-state index in [2.05, 4.69) is 23.5 Å². The minimum Gasteiger partial charge on any atom is -0.465 e. The molecule has 0 spiro atoms. The van der Waals surface area contributed by atoms with Gasteiger partial charge in [-0.05, 0) is 46.9 Å². The molecule has 1 aliphatic rings. The van der Waals surface area contributed by atoms with Gasteiger partial charge < -0.3 is 20.2 Å². The van der Waals surface area contributed by atoms with Gasteiger partial charge in [0.1, 0.15) is 18.4 Å². The average molecular weight is 517 g/mol. The van der Waals surface area contributed by atoms with Crippen LogP contribution in [0.15, 0.2) is 66.7 Å². The average Bonchev–Trinajstić information content (AvgIpc) is 2.91. The number of fused-ring (bicyclic) bond motifs is 1. The Bertz CT molecular complexity index is 1350. The second-order valence-corrected chi connectivity index (χ2v) is 9.42. The molecule has 0 saturated carbocycles. The minimum atomic E-state index is -1.38. The lowest BCUT2D eigenvalue weighted by Gasteiger charge is -2.42. The largest absolute Gasteiger partial charge is 0.465 e. The number of hydrogen-bond acceptors (Lipinski definition) is 4. The molecule has 8 nitrogen and oxygen atoms in total. The Hall–Kier alpha value is -4.45. The predicted molar refractivity (Wildman–Crippen MR) is 140 cm³/mol. The van der Waals surface area contributed by atoms with Crippen LogP contribution in [-0.2, 0) is 22.4 Å². The first-order valence-electron chi connectivity index (χ1n) is 12.5. The fraction of sp³-hybridized carbons (Fsp3) is 0.310. The van der Waals surface area contributed by atoms with Gasteiger partial charge in [-0.15, -0.1) is 0 Å². The first-order valence-corrected chi connectivity index (χ1v) is 12.5. The van der Waals surface area contributed by atoms with Gasteiger partial charge in [0.15, 0.2) is 0 Å². The van der Waals surface area contributed by atoms with E-state index in [0.29, 0.717) is 24.9 Å². The number of halogens is 1. The zero-order valence-electron chi connectivity index (χ0n) is 20.8. The maximum atomic E-state index is 13.5. The summed E-state index contributed by atoms with van der Waals surface area (Å²) in [6.45, 7) is 0.526. The van der Waals surface area contributed by atoms with E-state index >= 15 is 0 Å². The van der Waals surface area contributed by atoms with Gasteiger partial charge in [-0.2, -0.15) is 5.26 Å². The van der Waals surface area contributed by atoms with Crippen LogP contribution in [-0.4, -0.2) is 64.5 Å². The molecular formula is C29H29FN4O4. The third kappa shape index (κ3) is 6.65. The normalized spacial score (nSPS) is 16.2. The van der Waals surface area contributed by atoms with Crippen LogP contribution in [0.3, 0.4) is 0 Å². The zero-order valence-corrected chi connectivity index (χ0v) is 20.8. The summed E-state index contributed by atoms with van der Waals surface area (Å²) in [4.78, 5) is 41.1. The van der Waals surface area contributed by atoms with Crippen molar-refractivity contribution in [3.63, 3.8) is 0 Å². The van der Waals surface area contributed by atoms with Crippen molar-refractivity contribution >= 4 is 28.7 Å². The molecule has 1 saturated heterocycles. The number of carboxylic acid groups (broad SMARTS) is 1. The Kier molecular flexibility index (Phi) is 8.54. The van der Waals surface area contributed by atoms with Crippen LogP contribution < -0.4 is 5.32 Å². The van der Waals surface area contributed by atoms with E-state index in [1.807, 2.05) is 30.3 Å². The van der Waals surface area contributed by atoms with E-state index < -0.39 is 29.9 Å². The van der Waals surface area contributed by atoms with Crippen LogP contribution >= 0.6 is 0 Å². The number of rotatable bonds is 9. The Morgan fingerprint density at radius 1 is 1.08 bits per heavy atom. The quantitative estimate of drug-likeness (QED) is 0.450. The molecule has 1 aliphatic heterocycles. The minimum absolute atomic E-state index is 0.00670. The standard InChI is InChI=1S/C29H29FN4O4/c30-24-11-8-20(9-12-24)17-26(32-29(37)38)28(36)34-19-27(35)33(18-25(34)6-3-14-31)15-13-21-7-10-22-4-1-2-5-23(22)16-21/h1-2,4-5,7-12,16,25-26,32H,3,6,13,15,17-19H2,(H,37,38). The third-order valence-corrected chi connectivity index (χ3v) is 6.84. The van der Waals surface area contributed by atoms with Gasteiger partial charge in [0, 0.05) is 25.9 Å². The molecule has 3 amide bonds. The van der Waals surface area contributed by atoms with E-state index in [1.165, 1.54) is 29.2 Å². The maximum Gasteiger partial charge on any atom is 0.405 e. The van der Waals surface area contributed by atoms with Gasteiger partial charge in [0.05, 0.1) is 12.1 Å². The molecule has 0 aliphatic carbocycles. The summed E-state index contributed by atoms with van der Waals surface area (Å²) < 4.78 is 13.3. The van der Waals surface area contributed by atoms with E-state index in [1.54, 1.807) is 4.90 Å². The summed E-state index contributed by atoms with van der Waals surface area (Å²) in [5.41, 5.74) is 1.67. The van der Waals surface area contributed by atoms with Crippen molar-refractivity contribution in [1.82, 2.24) is 15.1 Å². The third-order valence-electron chi connectivity index (χ3n) is 6.84. The number of benzene rings is 3. The number of hydrogen-bond donors (Lipinski definition) is 2. The second kappa shape index (κ2) is 12.2. The van der Waals surface area contributed by atoms with Crippen molar-refractivity contribution in [3.8, 4) is 6.07 Å². The molecule has 1 heterocycles. The topological polar surface area (TPSA) is 114 Å². The highest BCUT2D eigenvalue weighted by Gasteiger charge is 2.37. The first kappa shape index (κ1) is 26.6. The van der Waals surface area contributed by atoms with Crippen molar-refractivity contribution in [3.05, 3.63) is 83.7 Å². The fourth-order valence-corrected chi connectivity index (χ4v) is 4.85. The van der Waals surface area contributed by atoms with Crippen LogP contribution in [0.2, 0.25) is 0 Å². The molecule has 1 fully saturated rings. The number of nitrogens with zero attached hydrogens (tertiary/aromatic N) is 3. The van der Waals surface area contributed by atoms with Gasteiger partial charge in [0.25, 0.3) is 0 Å². The number of amides is 3. The predicted octanol–water partition coefficient (Wildman–Crippen LogP) is 3.74. The van der Waals surface area contributed by atoms with Crippen LogP contribution in [0.5, 0.6) is 0 Å². The van der Waals surface area contributed by atoms with Gasteiger partial charge in [-0.1, -0.05) is 54.6 Å². The molecule has 0 radical (unpaired) electrons. The Morgan fingerprint density at radius 3 is 2.50 bits per heavy atom. The molecule has 0 bridgehead atoms. The molecule has 2 unspecified atom stereocenters. The molecule has 3 aromatic rings. The summed E-state index contributed by atoms with van der Waals surface area (Å²) in [5, 5.41) is 23.0. The Balaban J connectivity index is 1.47. The lowest BCUT2D eigenvalue weighted by Crippen LogP contribution is -2.62. The molecule has 4 rings (SSSR count). The first-order chi connectivity index (χ1) is 18.3. The zero-order chi connectivity index (χ0) is 27.1. The van der Waals surface area contributed by atoms with Gasteiger partial charge in [-0.3, -0.25) is 9.59 Å². The van der Waals surface area contributed by atoms with Crippen LogP contribution in [0.25, 0.3) is 10.8 Å². The molecule has 0 aromatic heterocycles. The lowest BCUT2D eigenvalue weighted by molar-refractivity contribution is -0.150. The number of piperazine rings is 1. The van der Waals surface area contributed by atoms with E-state index in [-0.39, 0.29) is 31.8 Å². The van der Waals surface area contributed by atoms with Crippen molar-refractivity contribution in [2.45, 2.75) is 37.8 Å². The van der Waals surface area contributed by atoms with E-state index in [4.69, 9.17) is 5.26 Å². The van der Waals surface area contributed by atoms with Gasteiger partial charge >= 0.3 is 6.09 Å². The van der Waals surface area contributed by atoms with Gasteiger partial charge in [-0.25, -0.2) is 9.18 Å². The van der Waals surface area contributed by atoms with Gasteiger partial charge in [0.2, 0.25) is 11.8 Å². The van der Waals surface area contributed by atoms with E-state index in [0.717, 1.165) is 16.3 Å². The molecule has 2 atom stereocenters. The maximum absolute atomic E-state index is 13.5. The molecule has 38 heavy (non-hydrogen) atoms. The van der Waals surface area contributed by atoms with Crippen LogP contribution in [0.4, 0.5) is 9.18 Å². The van der Waals surface area contributed by atoms with Crippen molar-refractivity contribution in [1.29, 1.82) is 5.26 Å². The number of nitriles is 1. The fourth-order valence-electron chi connectivity index (χ4n) is 4.85. The molecule has 3 aromatic carbocycles. The highest BCUT2D eigenvalue weighted by atomic mass is 19.1. The van der Waals surface area contributed by atoms with Crippen molar-refractivity contribution in [2.24, 2.45) is 0 Å². The summed E-state index contributed by atoms with van der Waals surface area (Å²) >= 11 is 0. The highest BCUT2D eigenvalue weighted by molar-refractivity contribution is 5.91. The molecular weight excluding hydrogens is 487 g/mol. The summed E-state index contributed by atoms with van der Waals surface area (Å²) in [5.74, 6) is -1.21. The Morgan fingerprint density at radius 2 is 1.79 bits per heavy atom. The number of carbonyl (C=O) groups is 3. The summed E-state index contributed by atoms with van der Waals surface area (Å²) in [6.07, 6.45) is -0.177. The van der Waals surface area contributed by atoms with Crippen molar-refractivity contribution in [2.75, 3.05) is 19.6 Å². The summed E-state index contributed by atoms with van der Waals surface area (Å²) in [7, 11) is 0. The van der Waals surface area contributed by atoms with Crippen LogP contribution in [0.1, 0.15) is 24.0 Å². The number of nitrogens with one attached hydrogen (secondary N) is 1. The Labute approximate surface area is 220 Å². The molecule has 9 heteroatoms. The second-order valence-electron chi connectivity index (χ2n) is 9.42. The highest BCUT2D eigenvalue weighted by Crippen LogP contribution is 2.20. The smallest absolute Gasteiger partial charge is 0.405 e. The monoisotopic (exact) mass is 516 g/mol. The lowest BCUT2D eigenvalue weighted by atomic mass is 10.00. The van der Waals surface area contributed by atoms with E-state index in [9.17, 15) is 23.9 Å². The molecule has 196 valence electrons.